The van der Waals surface area contributed by atoms with Crippen molar-refractivity contribution in [2.75, 3.05) is 0 Å². The predicted octanol–water partition coefficient (Wildman–Crippen LogP) is 3.82. The molecule has 0 radical (unpaired) electrons. The van der Waals surface area contributed by atoms with Gasteiger partial charge in [-0.3, -0.25) is 4.79 Å². The SMILES string of the molecule is O=C(N/N=C\c1cc(Br)c(O)c(Br)c1)c1cccc(F)c1. The molecule has 0 bridgehead atoms. The number of amides is 1. The fraction of sp³-hybridized carbons (Fsp3) is 0. The molecule has 0 fully saturated rings. The topological polar surface area (TPSA) is 61.7 Å². The summed E-state index contributed by atoms with van der Waals surface area (Å²) < 4.78 is 14.0. The normalized spacial score (nSPS) is 10.8. The van der Waals surface area contributed by atoms with Gasteiger partial charge in [0.1, 0.15) is 11.6 Å². The zero-order valence-electron chi connectivity index (χ0n) is 10.5. The van der Waals surface area contributed by atoms with Crippen LogP contribution in [0.2, 0.25) is 0 Å². The molecule has 2 N–H and O–H groups in total. The monoisotopic (exact) mass is 414 g/mol. The summed E-state index contributed by atoms with van der Waals surface area (Å²) in [5, 5.41) is 13.4. The number of hydrogen-bond donors (Lipinski definition) is 2. The molecule has 0 heterocycles. The lowest BCUT2D eigenvalue weighted by molar-refractivity contribution is 0.0954. The molecule has 4 nitrogen and oxygen atoms in total. The van der Waals surface area contributed by atoms with Crippen molar-refractivity contribution in [2.24, 2.45) is 5.10 Å². The first-order valence-electron chi connectivity index (χ1n) is 5.74. The Balaban J connectivity index is 2.07. The number of phenols is 1. The van der Waals surface area contributed by atoms with E-state index in [0.29, 0.717) is 14.5 Å². The average Bonchev–Trinajstić information content (AvgIpc) is 2.44. The van der Waals surface area contributed by atoms with Crippen molar-refractivity contribution in [1.29, 1.82) is 0 Å². The zero-order chi connectivity index (χ0) is 15.4. The molecule has 21 heavy (non-hydrogen) atoms. The molecular formula is C14H9Br2FN2O2. The van der Waals surface area contributed by atoms with Crippen molar-refractivity contribution in [3.8, 4) is 5.75 Å². The number of carbonyl (C=O) groups excluding carboxylic acids is 1. The van der Waals surface area contributed by atoms with Crippen LogP contribution < -0.4 is 5.43 Å². The van der Waals surface area contributed by atoms with Crippen LogP contribution in [0.15, 0.2) is 50.4 Å². The lowest BCUT2D eigenvalue weighted by Crippen LogP contribution is -2.17. The maximum Gasteiger partial charge on any atom is 0.271 e. The van der Waals surface area contributed by atoms with Crippen LogP contribution in [0.4, 0.5) is 4.39 Å². The summed E-state index contributed by atoms with van der Waals surface area (Å²) in [5.74, 6) is -0.920. The first-order valence-corrected chi connectivity index (χ1v) is 7.33. The van der Waals surface area contributed by atoms with E-state index < -0.39 is 11.7 Å². The van der Waals surface area contributed by atoms with E-state index in [9.17, 15) is 14.3 Å². The number of nitrogens with zero attached hydrogens (tertiary/aromatic N) is 1. The second-order valence-corrected chi connectivity index (χ2v) is 5.75. The Morgan fingerprint density at radius 3 is 2.52 bits per heavy atom. The number of nitrogens with one attached hydrogen (secondary N) is 1. The molecule has 7 heteroatoms. The molecule has 2 aromatic carbocycles. The highest BCUT2D eigenvalue weighted by atomic mass is 79.9. The van der Waals surface area contributed by atoms with E-state index in [4.69, 9.17) is 0 Å². The number of aromatic hydroxyl groups is 1. The molecule has 0 aliphatic rings. The Kier molecular flexibility index (Phi) is 5.08. The fourth-order valence-corrected chi connectivity index (χ4v) is 2.74. The quantitative estimate of drug-likeness (QED) is 0.591. The molecule has 0 unspecified atom stereocenters. The predicted molar refractivity (Wildman–Crippen MR) is 85.0 cm³/mol. The lowest BCUT2D eigenvalue weighted by atomic mass is 10.2. The third-order valence-corrected chi connectivity index (χ3v) is 3.71. The van der Waals surface area contributed by atoms with E-state index >= 15 is 0 Å². The van der Waals surface area contributed by atoms with Gasteiger partial charge in [0.05, 0.1) is 15.2 Å². The number of rotatable bonds is 3. The number of hydrogen-bond acceptors (Lipinski definition) is 3. The van der Waals surface area contributed by atoms with Crippen molar-refractivity contribution >= 4 is 44.0 Å². The van der Waals surface area contributed by atoms with Crippen molar-refractivity contribution in [1.82, 2.24) is 5.43 Å². The second kappa shape index (κ2) is 6.82. The van der Waals surface area contributed by atoms with Gasteiger partial charge in [-0.1, -0.05) is 6.07 Å². The lowest BCUT2D eigenvalue weighted by Gasteiger charge is -2.02. The fourth-order valence-electron chi connectivity index (χ4n) is 1.52. The van der Waals surface area contributed by atoms with Crippen LogP contribution in [0.5, 0.6) is 5.75 Å². The number of carbonyl (C=O) groups is 1. The Morgan fingerprint density at radius 2 is 1.90 bits per heavy atom. The van der Waals surface area contributed by atoms with E-state index in [1.807, 2.05) is 0 Å². The minimum absolute atomic E-state index is 0.0796. The van der Waals surface area contributed by atoms with E-state index in [-0.39, 0.29) is 11.3 Å². The van der Waals surface area contributed by atoms with Crippen LogP contribution in [0, 0.1) is 5.82 Å². The highest BCUT2D eigenvalue weighted by Crippen LogP contribution is 2.32. The molecule has 1 amide bonds. The summed E-state index contributed by atoms with van der Waals surface area (Å²) in [4.78, 5) is 11.7. The van der Waals surface area contributed by atoms with Crippen LogP contribution in [0.25, 0.3) is 0 Å². The standard InChI is InChI=1S/C14H9Br2FN2O2/c15-11-4-8(5-12(16)13(11)20)7-18-19-14(21)9-2-1-3-10(17)6-9/h1-7,20H,(H,19,21)/b18-7-. The van der Waals surface area contributed by atoms with Crippen LogP contribution >= 0.6 is 31.9 Å². The van der Waals surface area contributed by atoms with Gasteiger partial charge in [-0.05, 0) is 67.8 Å². The Bertz CT molecular complexity index is 697. The second-order valence-electron chi connectivity index (χ2n) is 4.04. The van der Waals surface area contributed by atoms with Crippen LogP contribution in [0.1, 0.15) is 15.9 Å². The Morgan fingerprint density at radius 1 is 1.24 bits per heavy atom. The van der Waals surface area contributed by atoms with Crippen molar-refractivity contribution in [3.63, 3.8) is 0 Å². The molecule has 0 saturated heterocycles. The van der Waals surface area contributed by atoms with Gasteiger partial charge in [0.2, 0.25) is 0 Å². The summed E-state index contributed by atoms with van der Waals surface area (Å²) in [7, 11) is 0. The molecule has 0 aromatic heterocycles. The van der Waals surface area contributed by atoms with Gasteiger partial charge in [0, 0.05) is 5.56 Å². The minimum atomic E-state index is -0.511. The summed E-state index contributed by atoms with van der Waals surface area (Å²) >= 11 is 6.38. The Labute approximate surface area is 136 Å². The third-order valence-electron chi connectivity index (χ3n) is 2.51. The third kappa shape index (κ3) is 4.12. The number of phenolic OH excluding ortho intramolecular Hbond substituents is 1. The van der Waals surface area contributed by atoms with Crippen molar-refractivity contribution in [2.45, 2.75) is 0 Å². The summed E-state index contributed by atoms with van der Waals surface area (Å²) in [6.07, 6.45) is 1.41. The molecule has 0 aliphatic carbocycles. The molecule has 2 rings (SSSR count). The molecular weight excluding hydrogens is 407 g/mol. The maximum atomic E-state index is 13.0. The van der Waals surface area contributed by atoms with Gasteiger partial charge in [-0.15, -0.1) is 0 Å². The molecule has 0 spiro atoms. The molecule has 0 atom stereocenters. The minimum Gasteiger partial charge on any atom is -0.506 e. The first-order chi connectivity index (χ1) is 9.97. The maximum absolute atomic E-state index is 13.0. The number of hydrazone groups is 1. The summed E-state index contributed by atoms with van der Waals surface area (Å²) in [6, 6.07) is 8.59. The molecule has 2 aromatic rings. The van der Waals surface area contributed by atoms with Gasteiger partial charge in [-0.2, -0.15) is 5.10 Å². The van der Waals surface area contributed by atoms with E-state index in [0.717, 1.165) is 6.07 Å². The van der Waals surface area contributed by atoms with E-state index in [1.54, 1.807) is 12.1 Å². The highest BCUT2D eigenvalue weighted by Gasteiger charge is 2.06. The molecule has 0 saturated carbocycles. The average molecular weight is 416 g/mol. The van der Waals surface area contributed by atoms with Gasteiger partial charge >= 0.3 is 0 Å². The largest absolute Gasteiger partial charge is 0.506 e. The van der Waals surface area contributed by atoms with E-state index in [2.05, 4.69) is 42.4 Å². The summed E-state index contributed by atoms with van der Waals surface area (Å²) in [6.45, 7) is 0. The first kappa shape index (κ1) is 15.7. The number of halogens is 3. The van der Waals surface area contributed by atoms with Crippen LogP contribution in [0.3, 0.4) is 0 Å². The van der Waals surface area contributed by atoms with Crippen LogP contribution in [-0.2, 0) is 0 Å². The van der Waals surface area contributed by atoms with Crippen LogP contribution in [-0.4, -0.2) is 17.2 Å². The highest BCUT2D eigenvalue weighted by molar-refractivity contribution is 9.11. The molecule has 108 valence electrons. The van der Waals surface area contributed by atoms with Crippen molar-refractivity contribution in [3.05, 3.63) is 62.3 Å². The molecule has 0 aliphatic heterocycles. The Hall–Kier alpha value is -1.73. The van der Waals surface area contributed by atoms with Gasteiger partial charge in [-0.25, -0.2) is 9.82 Å². The van der Waals surface area contributed by atoms with Gasteiger partial charge in [0.15, 0.2) is 0 Å². The zero-order valence-corrected chi connectivity index (χ0v) is 13.7. The number of benzene rings is 2. The van der Waals surface area contributed by atoms with E-state index in [1.165, 1.54) is 24.4 Å². The summed E-state index contributed by atoms with van der Waals surface area (Å²) in [5.41, 5.74) is 3.14. The smallest absolute Gasteiger partial charge is 0.271 e. The van der Waals surface area contributed by atoms with Gasteiger partial charge in [0.25, 0.3) is 5.91 Å². The van der Waals surface area contributed by atoms with Crippen molar-refractivity contribution < 1.29 is 14.3 Å². The van der Waals surface area contributed by atoms with Gasteiger partial charge < -0.3 is 5.11 Å².